The molecular formula is C57H107NO4. The smallest absolute Gasteiger partial charge is 0.220 e. The number of allylic oxidation sites excluding steroid dienone is 8. The van der Waals surface area contributed by atoms with Crippen LogP contribution in [0.1, 0.15) is 284 Å². The van der Waals surface area contributed by atoms with Gasteiger partial charge in [0, 0.05) is 6.42 Å². The highest BCUT2D eigenvalue weighted by Crippen LogP contribution is 2.17. The lowest BCUT2D eigenvalue weighted by Crippen LogP contribution is -2.50. The van der Waals surface area contributed by atoms with Gasteiger partial charge in [0.1, 0.15) is 6.10 Å². The zero-order valence-electron chi connectivity index (χ0n) is 41.5. The standard InChI is InChI=1S/C57H107NO4/c1-3-5-7-9-11-13-14-15-16-17-18-19-20-21-22-23-24-25-26-27-28-29-30-31-32-33-34-35-36-37-38-39-40-41-42-44-46-48-50-52-56(61)58-54(53-59)57(62)55(60)51-49-47-45-43-12-10-8-6-4-2/h6,8,24-25,27-28,43,45,54-55,57,59-60,62H,3-5,7,9-23,26,29-42,44,46-53H2,1-2H3,(H,58,61)/b8-6+,25-24-,28-27-,45-43+. The number of rotatable bonds is 50. The van der Waals surface area contributed by atoms with E-state index in [1.54, 1.807) is 0 Å². The zero-order chi connectivity index (χ0) is 45.1. The number of carbonyl (C=O) groups excluding carboxylic acids is 1. The Labute approximate surface area is 387 Å². The van der Waals surface area contributed by atoms with E-state index in [9.17, 15) is 20.1 Å². The molecule has 0 bridgehead atoms. The molecule has 3 unspecified atom stereocenters. The van der Waals surface area contributed by atoms with Crippen molar-refractivity contribution in [2.45, 2.75) is 302 Å². The van der Waals surface area contributed by atoms with E-state index in [0.717, 1.165) is 57.8 Å². The number of amides is 1. The summed E-state index contributed by atoms with van der Waals surface area (Å²) in [5.41, 5.74) is 0. The molecule has 0 rings (SSSR count). The Morgan fingerprint density at radius 2 is 0.758 bits per heavy atom. The van der Waals surface area contributed by atoms with E-state index >= 15 is 0 Å². The molecule has 0 aliphatic heterocycles. The molecule has 62 heavy (non-hydrogen) atoms. The molecule has 1 amide bonds. The number of nitrogens with one attached hydrogen (secondary N) is 1. The Bertz CT molecular complexity index is 1000. The van der Waals surface area contributed by atoms with E-state index in [1.807, 2.05) is 0 Å². The highest BCUT2D eigenvalue weighted by molar-refractivity contribution is 5.76. The van der Waals surface area contributed by atoms with Gasteiger partial charge in [0.2, 0.25) is 5.91 Å². The molecule has 0 fully saturated rings. The predicted molar refractivity (Wildman–Crippen MR) is 273 cm³/mol. The van der Waals surface area contributed by atoms with Crippen molar-refractivity contribution in [3.05, 3.63) is 48.6 Å². The zero-order valence-corrected chi connectivity index (χ0v) is 41.5. The van der Waals surface area contributed by atoms with Crippen molar-refractivity contribution in [3.8, 4) is 0 Å². The molecule has 4 N–H and O–H groups in total. The molecule has 5 nitrogen and oxygen atoms in total. The second-order valence-electron chi connectivity index (χ2n) is 18.7. The van der Waals surface area contributed by atoms with Crippen molar-refractivity contribution in [1.82, 2.24) is 5.32 Å². The minimum absolute atomic E-state index is 0.159. The second-order valence-corrected chi connectivity index (χ2v) is 18.7. The first-order valence-corrected chi connectivity index (χ1v) is 27.4. The average molecular weight is 870 g/mol. The van der Waals surface area contributed by atoms with E-state index in [1.165, 1.54) is 199 Å². The number of hydrogen-bond donors (Lipinski definition) is 4. The highest BCUT2D eigenvalue weighted by Gasteiger charge is 2.26. The minimum Gasteiger partial charge on any atom is -0.394 e. The van der Waals surface area contributed by atoms with Crippen LogP contribution in [0.3, 0.4) is 0 Å². The summed E-state index contributed by atoms with van der Waals surface area (Å²) in [6.07, 6.45) is 68.8. The Balaban J connectivity index is 3.43. The third-order valence-corrected chi connectivity index (χ3v) is 12.6. The fraction of sp³-hybridized carbons (Fsp3) is 0.842. The van der Waals surface area contributed by atoms with Gasteiger partial charge in [-0.25, -0.2) is 0 Å². The molecule has 0 radical (unpaired) electrons. The SMILES string of the molecule is CC/C=C/CC/C=C/CCCC(O)C(O)C(CO)NC(=O)CCCCCCCCCCCCCCCCCCC/C=C\C/C=C\CCCCCCCCCCCCCCCCC. The van der Waals surface area contributed by atoms with Gasteiger partial charge in [0.25, 0.3) is 0 Å². The summed E-state index contributed by atoms with van der Waals surface area (Å²) in [6.45, 7) is 4.05. The summed E-state index contributed by atoms with van der Waals surface area (Å²) < 4.78 is 0. The normalized spacial score (nSPS) is 13.7. The molecule has 0 heterocycles. The molecule has 5 heteroatoms. The van der Waals surface area contributed by atoms with Gasteiger partial charge in [-0.2, -0.15) is 0 Å². The van der Waals surface area contributed by atoms with Crippen LogP contribution in [0, 0.1) is 0 Å². The van der Waals surface area contributed by atoms with Crippen molar-refractivity contribution < 1.29 is 20.1 Å². The number of carbonyl (C=O) groups is 1. The van der Waals surface area contributed by atoms with E-state index in [0.29, 0.717) is 12.8 Å². The largest absolute Gasteiger partial charge is 0.394 e. The maximum atomic E-state index is 12.4. The van der Waals surface area contributed by atoms with Crippen molar-refractivity contribution >= 4 is 5.91 Å². The first kappa shape index (κ1) is 60.3. The monoisotopic (exact) mass is 870 g/mol. The summed E-state index contributed by atoms with van der Waals surface area (Å²) in [6, 6.07) is -0.831. The van der Waals surface area contributed by atoms with Crippen molar-refractivity contribution in [2.75, 3.05) is 6.61 Å². The molecule has 3 atom stereocenters. The average Bonchev–Trinajstić information content (AvgIpc) is 3.28. The van der Waals surface area contributed by atoms with Crippen LogP contribution in [0.4, 0.5) is 0 Å². The molecular weight excluding hydrogens is 763 g/mol. The lowest BCUT2D eigenvalue weighted by atomic mass is 10.0. The molecule has 0 aromatic rings. The summed E-state index contributed by atoms with van der Waals surface area (Å²) in [4.78, 5) is 12.4. The van der Waals surface area contributed by atoms with Gasteiger partial charge < -0.3 is 20.6 Å². The van der Waals surface area contributed by atoms with Crippen LogP contribution >= 0.6 is 0 Å². The first-order chi connectivity index (χ1) is 30.6. The molecule has 0 aliphatic carbocycles. The number of hydrogen-bond acceptors (Lipinski definition) is 4. The number of unbranched alkanes of at least 4 members (excludes halogenated alkanes) is 34. The Morgan fingerprint density at radius 3 is 1.16 bits per heavy atom. The van der Waals surface area contributed by atoms with Crippen molar-refractivity contribution in [3.63, 3.8) is 0 Å². The van der Waals surface area contributed by atoms with E-state index in [-0.39, 0.29) is 12.5 Å². The molecule has 0 aromatic carbocycles. The molecule has 364 valence electrons. The number of aliphatic hydroxyl groups excluding tert-OH is 3. The van der Waals surface area contributed by atoms with Gasteiger partial charge in [-0.15, -0.1) is 0 Å². The summed E-state index contributed by atoms with van der Waals surface area (Å²) in [7, 11) is 0. The summed E-state index contributed by atoms with van der Waals surface area (Å²) in [5, 5.41) is 33.4. The van der Waals surface area contributed by atoms with Gasteiger partial charge in [0.05, 0.1) is 18.8 Å². The Hall–Kier alpha value is -1.69. The van der Waals surface area contributed by atoms with Crippen LogP contribution in [-0.2, 0) is 4.79 Å². The quantitative estimate of drug-likeness (QED) is 0.0362. The molecule has 0 saturated carbocycles. The lowest BCUT2D eigenvalue weighted by Gasteiger charge is -2.26. The molecule has 0 saturated heterocycles. The fourth-order valence-corrected chi connectivity index (χ4v) is 8.45. The van der Waals surface area contributed by atoms with Crippen LogP contribution in [0.15, 0.2) is 48.6 Å². The van der Waals surface area contributed by atoms with E-state index < -0.39 is 18.2 Å². The van der Waals surface area contributed by atoms with Gasteiger partial charge in [-0.3, -0.25) is 4.79 Å². The minimum atomic E-state index is -1.17. The van der Waals surface area contributed by atoms with Gasteiger partial charge in [0.15, 0.2) is 0 Å². The van der Waals surface area contributed by atoms with Crippen molar-refractivity contribution in [1.29, 1.82) is 0 Å². The van der Waals surface area contributed by atoms with Crippen molar-refractivity contribution in [2.24, 2.45) is 0 Å². The molecule has 0 aliphatic rings. The Kier molecular flexibility index (Phi) is 50.5. The van der Waals surface area contributed by atoms with E-state index in [2.05, 4.69) is 67.8 Å². The van der Waals surface area contributed by atoms with E-state index in [4.69, 9.17) is 0 Å². The topological polar surface area (TPSA) is 89.8 Å². The fourth-order valence-electron chi connectivity index (χ4n) is 8.45. The van der Waals surface area contributed by atoms with Gasteiger partial charge in [-0.05, 0) is 77.0 Å². The number of aliphatic hydroxyl groups is 3. The third kappa shape index (κ3) is 46.3. The maximum Gasteiger partial charge on any atom is 0.220 e. The van der Waals surface area contributed by atoms with Crippen LogP contribution in [-0.4, -0.2) is 46.1 Å². The van der Waals surface area contributed by atoms with Gasteiger partial charge in [-0.1, -0.05) is 249 Å². The van der Waals surface area contributed by atoms with Crippen LogP contribution in [0.25, 0.3) is 0 Å². The lowest BCUT2D eigenvalue weighted by molar-refractivity contribution is -0.124. The van der Waals surface area contributed by atoms with Crippen LogP contribution in [0.2, 0.25) is 0 Å². The third-order valence-electron chi connectivity index (χ3n) is 12.6. The summed E-state index contributed by atoms with van der Waals surface area (Å²) >= 11 is 0. The van der Waals surface area contributed by atoms with Gasteiger partial charge >= 0.3 is 0 Å². The first-order valence-electron chi connectivity index (χ1n) is 27.4. The van der Waals surface area contributed by atoms with Crippen LogP contribution < -0.4 is 5.32 Å². The predicted octanol–water partition coefficient (Wildman–Crippen LogP) is 16.8. The maximum absolute atomic E-state index is 12.4. The Morgan fingerprint density at radius 1 is 0.419 bits per heavy atom. The second kappa shape index (κ2) is 51.9. The molecule has 0 aromatic heterocycles. The summed E-state index contributed by atoms with van der Waals surface area (Å²) in [5.74, 6) is -0.159. The van der Waals surface area contributed by atoms with Crippen LogP contribution in [0.5, 0.6) is 0 Å². The highest BCUT2D eigenvalue weighted by atomic mass is 16.3. The molecule has 0 spiro atoms.